The zero-order chi connectivity index (χ0) is 17.5. The molecule has 0 radical (unpaired) electrons. The summed E-state index contributed by atoms with van der Waals surface area (Å²) in [5.74, 6) is 0.226. The van der Waals surface area contributed by atoms with Gasteiger partial charge in [-0.2, -0.15) is 5.10 Å². The summed E-state index contributed by atoms with van der Waals surface area (Å²) < 4.78 is 20.2. The normalized spacial score (nSPS) is 10.4. The lowest BCUT2D eigenvalue weighted by atomic mass is 10.2. The lowest BCUT2D eigenvalue weighted by molar-refractivity contribution is -0.116. The summed E-state index contributed by atoms with van der Waals surface area (Å²) in [6.45, 7) is 0.788. The molecule has 7 heteroatoms. The molecule has 0 unspecified atom stereocenters. The molecule has 2 aromatic carbocycles. The van der Waals surface area contributed by atoms with E-state index >= 15 is 0 Å². The van der Waals surface area contributed by atoms with Crippen LogP contribution >= 0.6 is 0 Å². The van der Waals surface area contributed by atoms with Gasteiger partial charge in [-0.15, -0.1) is 0 Å². The van der Waals surface area contributed by atoms with Crippen LogP contribution in [0.15, 0.2) is 61.2 Å². The van der Waals surface area contributed by atoms with Gasteiger partial charge in [0.05, 0.1) is 6.54 Å². The van der Waals surface area contributed by atoms with Gasteiger partial charge in [-0.1, -0.05) is 18.2 Å². The third kappa shape index (κ3) is 5.13. The third-order valence-electron chi connectivity index (χ3n) is 3.47. The number of rotatable bonds is 7. The number of halogens is 1. The van der Waals surface area contributed by atoms with Gasteiger partial charge in [0, 0.05) is 18.2 Å². The first-order valence-corrected chi connectivity index (χ1v) is 7.78. The molecule has 0 saturated heterocycles. The van der Waals surface area contributed by atoms with Crippen LogP contribution in [0.4, 0.5) is 10.1 Å². The van der Waals surface area contributed by atoms with Gasteiger partial charge >= 0.3 is 0 Å². The van der Waals surface area contributed by atoms with Crippen LogP contribution in [0, 0.1) is 5.82 Å². The second-order valence-corrected chi connectivity index (χ2v) is 5.40. The predicted octanol–water partition coefficient (Wildman–Crippen LogP) is 3.03. The van der Waals surface area contributed by atoms with E-state index in [2.05, 4.69) is 15.4 Å². The van der Waals surface area contributed by atoms with E-state index in [0.717, 1.165) is 5.56 Å². The third-order valence-corrected chi connectivity index (χ3v) is 3.47. The zero-order valence-electron chi connectivity index (χ0n) is 13.4. The molecule has 3 rings (SSSR count). The first-order valence-electron chi connectivity index (χ1n) is 7.78. The molecule has 0 aliphatic heterocycles. The number of hydrogen-bond donors (Lipinski definition) is 1. The standard InChI is InChI=1S/C18H17FN4O2/c19-15-6-4-14(5-7-15)11-25-17-3-1-2-16(10-17)22-18(24)8-9-23-13-20-12-21-23/h1-7,10,12-13H,8-9,11H2,(H,22,24). The fourth-order valence-electron chi connectivity index (χ4n) is 2.20. The van der Waals surface area contributed by atoms with Crippen molar-refractivity contribution in [1.29, 1.82) is 0 Å². The van der Waals surface area contributed by atoms with Gasteiger partial charge in [0.15, 0.2) is 0 Å². The number of nitrogens with zero attached hydrogens (tertiary/aromatic N) is 3. The number of ether oxygens (including phenoxy) is 1. The average Bonchev–Trinajstić information content (AvgIpc) is 3.13. The molecular formula is C18H17FN4O2. The van der Waals surface area contributed by atoms with E-state index in [1.807, 2.05) is 0 Å². The Hall–Kier alpha value is -3.22. The molecule has 1 N–H and O–H groups in total. The maximum Gasteiger partial charge on any atom is 0.226 e. The molecule has 128 valence electrons. The molecule has 0 bridgehead atoms. The summed E-state index contributed by atoms with van der Waals surface area (Å²) in [6, 6.07) is 13.3. The van der Waals surface area contributed by atoms with E-state index in [1.165, 1.54) is 18.5 Å². The van der Waals surface area contributed by atoms with Gasteiger partial charge in [0.25, 0.3) is 0 Å². The topological polar surface area (TPSA) is 69.0 Å². The molecule has 0 fully saturated rings. The van der Waals surface area contributed by atoms with Crippen LogP contribution < -0.4 is 10.1 Å². The highest BCUT2D eigenvalue weighted by Gasteiger charge is 2.05. The first kappa shape index (κ1) is 16.6. The monoisotopic (exact) mass is 340 g/mol. The van der Waals surface area contributed by atoms with E-state index in [1.54, 1.807) is 47.4 Å². The fraction of sp³-hybridized carbons (Fsp3) is 0.167. The Bertz CT molecular complexity index is 819. The molecule has 3 aromatic rings. The average molecular weight is 340 g/mol. The number of aryl methyl sites for hydroxylation is 1. The minimum atomic E-state index is -0.278. The summed E-state index contributed by atoms with van der Waals surface area (Å²) in [4.78, 5) is 15.8. The lowest BCUT2D eigenvalue weighted by Crippen LogP contribution is -2.14. The number of anilines is 1. The highest BCUT2D eigenvalue weighted by atomic mass is 19.1. The number of carbonyl (C=O) groups excluding carboxylic acids is 1. The first-order chi connectivity index (χ1) is 12.2. The van der Waals surface area contributed by atoms with Crippen LogP contribution in [-0.2, 0) is 17.9 Å². The number of benzene rings is 2. The maximum absolute atomic E-state index is 12.9. The van der Waals surface area contributed by atoms with Crippen LogP contribution in [0.1, 0.15) is 12.0 Å². The molecule has 6 nitrogen and oxygen atoms in total. The largest absolute Gasteiger partial charge is 0.489 e. The second kappa shape index (κ2) is 8.05. The molecule has 0 aliphatic rings. The van der Waals surface area contributed by atoms with E-state index in [0.29, 0.717) is 31.0 Å². The van der Waals surface area contributed by atoms with Gasteiger partial charge in [-0.3, -0.25) is 9.48 Å². The molecule has 0 atom stereocenters. The number of carbonyl (C=O) groups is 1. The van der Waals surface area contributed by atoms with Crippen molar-refractivity contribution < 1.29 is 13.9 Å². The molecular weight excluding hydrogens is 323 g/mol. The smallest absolute Gasteiger partial charge is 0.226 e. The van der Waals surface area contributed by atoms with Crippen LogP contribution in [0.25, 0.3) is 0 Å². The number of hydrogen-bond acceptors (Lipinski definition) is 4. The Kier molecular flexibility index (Phi) is 5.36. The van der Waals surface area contributed by atoms with E-state index in [-0.39, 0.29) is 11.7 Å². The number of nitrogens with one attached hydrogen (secondary N) is 1. The highest BCUT2D eigenvalue weighted by molar-refractivity contribution is 5.90. The SMILES string of the molecule is O=C(CCn1cncn1)Nc1cccc(OCc2ccc(F)cc2)c1. The van der Waals surface area contributed by atoms with Crippen LogP contribution in [0.2, 0.25) is 0 Å². The van der Waals surface area contributed by atoms with Crippen molar-refractivity contribution in [3.05, 3.63) is 72.6 Å². The van der Waals surface area contributed by atoms with Gasteiger partial charge in [0.1, 0.15) is 30.8 Å². The Morgan fingerprint density at radius 3 is 2.80 bits per heavy atom. The van der Waals surface area contributed by atoms with Gasteiger partial charge in [-0.25, -0.2) is 9.37 Å². The van der Waals surface area contributed by atoms with E-state index in [9.17, 15) is 9.18 Å². The summed E-state index contributed by atoms with van der Waals surface area (Å²) in [5, 5.41) is 6.77. The Morgan fingerprint density at radius 2 is 2.04 bits per heavy atom. The van der Waals surface area contributed by atoms with Crippen molar-refractivity contribution in [2.45, 2.75) is 19.6 Å². The Balaban J connectivity index is 1.51. The summed E-state index contributed by atoms with van der Waals surface area (Å²) in [7, 11) is 0. The van der Waals surface area contributed by atoms with Crippen molar-refractivity contribution in [3.8, 4) is 5.75 Å². The predicted molar refractivity (Wildman–Crippen MR) is 90.4 cm³/mol. The molecule has 0 saturated carbocycles. The van der Waals surface area contributed by atoms with Crippen molar-refractivity contribution >= 4 is 11.6 Å². The van der Waals surface area contributed by atoms with Crippen molar-refractivity contribution in [2.24, 2.45) is 0 Å². The van der Waals surface area contributed by atoms with Gasteiger partial charge in [-0.05, 0) is 29.8 Å². The van der Waals surface area contributed by atoms with Crippen molar-refractivity contribution in [3.63, 3.8) is 0 Å². The van der Waals surface area contributed by atoms with E-state index in [4.69, 9.17) is 4.74 Å². The Morgan fingerprint density at radius 1 is 1.20 bits per heavy atom. The quantitative estimate of drug-likeness (QED) is 0.718. The molecule has 1 heterocycles. The minimum Gasteiger partial charge on any atom is -0.489 e. The van der Waals surface area contributed by atoms with Crippen LogP contribution in [0.3, 0.4) is 0 Å². The zero-order valence-corrected chi connectivity index (χ0v) is 13.4. The lowest BCUT2D eigenvalue weighted by Gasteiger charge is -2.09. The second-order valence-electron chi connectivity index (χ2n) is 5.40. The molecule has 0 aliphatic carbocycles. The van der Waals surface area contributed by atoms with Crippen molar-refractivity contribution in [2.75, 3.05) is 5.32 Å². The van der Waals surface area contributed by atoms with Gasteiger partial charge in [0.2, 0.25) is 5.91 Å². The molecule has 25 heavy (non-hydrogen) atoms. The number of aromatic nitrogens is 3. The van der Waals surface area contributed by atoms with Crippen LogP contribution in [-0.4, -0.2) is 20.7 Å². The minimum absolute atomic E-state index is 0.119. The Labute approximate surface area is 144 Å². The molecule has 1 amide bonds. The maximum atomic E-state index is 12.9. The summed E-state index contributed by atoms with van der Waals surface area (Å²) in [6.07, 6.45) is 3.29. The molecule has 1 aromatic heterocycles. The van der Waals surface area contributed by atoms with Crippen molar-refractivity contribution in [1.82, 2.24) is 14.8 Å². The number of amides is 1. The fourth-order valence-corrected chi connectivity index (χ4v) is 2.20. The summed E-state index contributed by atoms with van der Waals surface area (Å²) in [5.41, 5.74) is 1.52. The van der Waals surface area contributed by atoms with Gasteiger partial charge < -0.3 is 10.1 Å². The van der Waals surface area contributed by atoms with E-state index < -0.39 is 0 Å². The molecule has 0 spiro atoms. The highest BCUT2D eigenvalue weighted by Crippen LogP contribution is 2.19. The summed E-state index contributed by atoms with van der Waals surface area (Å²) >= 11 is 0. The van der Waals surface area contributed by atoms with Crippen LogP contribution in [0.5, 0.6) is 5.75 Å².